The van der Waals surface area contributed by atoms with Gasteiger partial charge in [0.2, 0.25) is 0 Å². The van der Waals surface area contributed by atoms with E-state index in [2.05, 4.69) is 10.1 Å². The number of oxazole rings is 1. The Morgan fingerprint density at radius 2 is 2.19 bits per heavy atom. The number of hydrogen-bond donors (Lipinski definition) is 1. The van der Waals surface area contributed by atoms with Crippen LogP contribution in [0.1, 0.15) is 22.9 Å². The summed E-state index contributed by atoms with van der Waals surface area (Å²) in [5, 5.41) is 4.19. The van der Waals surface area contributed by atoms with E-state index in [4.69, 9.17) is 10.2 Å². The minimum Gasteiger partial charge on any atom is -0.446 e. The Bertz CT molecular complexity index is 463. The number of aromatic nitrogens is 3. The van der Waals surface area contributed by atoms with E-state index in [9.17, 15) is 0 Å². The molecule has 2 aromatic rings. The largest absolute Gasteiger partial charge is 0.446 e. The molecule has 0 aliphatic heterocycles. The van der Waals surface area contributed by atoms with Crippen molar-refractivity contribution in [3.05, 3.63) is 35.3 Å². The predicted molar refractivity (Wildman–Crippen MR) is 62.4 cm³/mol. The smallest absolute Gasteiger partial charge is 0.191 e. The lowest BCUT2D eigenvalue weighted by Gasteiger charge is -1.97. The van der Waals surface area contributed by atoms with Crippen LogP contribution in [0.3, 0.4) is 0 Å². The molecule has 0 aliphatic rings. The monoisotopic (exact) mass is 242 g/mol. The average molecular weight is 243 g/mol. The Labute approximate surface area is 100 Å². The third-order valence-electron chi connectivity index (χ3n) is 2.23. The van der Waals surface area contributed by atoms with Gasteiger partial charge in [0.25, 0.3) is 0 Å². The molecule has 2 N–H and O–H groups in total. The molecular formula is C10H15ClN4O. The normalized spacial score (nSPS) is 10.2. The van der Waals surface area contributed by atoms with Crippen molar-refractivity contribution in [1.29, 1.82) is 0 Å². The van der Waals surface area contributed by atoms with Gasteiger partial charge in [-0.05, 0) is 6.92 Å². The zero-order valence-electron chi connectivity index (χ0n) is 9.30. The van der Waals surface area contributed by atoms with Crippen LogP contribution in [0.15, 0.2) is 16.8 Å². The van der Waals surface area contributed by atoms with E-state index >= 15 is 0 Å². The zero-order valence-corrected chi connectivity index (χ0v) is 10.1. The summed E-state index contributed by atoms with van der Waals surface area (Å²) < 4.78 is 7.15. The van der Waals surface area contributed by atoms with Crippen molar-refractivity contribution < 1.29 is 4.42 Å². The van der Waals surface area contributed by atoms with E-state index in [0.29, 0.717) is 19.0 Å². The van der Waals surface area contributed by atoms with Gasteiger partial charge in [0.1, 0.15) is 11.5 Å². The van der Waals surface area contributed by atoms with Crippen LogP contribution in [-0.4, -0.2) is 14.8 Å². The summed E-state index contributed by atoms with van der Waals surface area (Å²) in [4.78, 5) is 4.28. The van der Waals surface area contributed by atoms with Crippen LogP contribution < -0.4 is 5.73 Å². The first-order valence-corrected chi connectivity index (χ1v) is 4.83. The third-order valence-corrected chi connectivity index (χ3v) is 2.23. The lowest BCUT2D eigenvalue weighted by atomic mass is 10.3. The van der Waals surface area contributed by atoms with Crippen LogP contribution in [-0.2, 0) is 13.1 Å². The zero-order chi connectivity index (χ0) is 10.8. The molecule has 6 heteroatoms. The van der Waals surface area contributed by atoms with Crippen LogP contribution >= 0.6 is 12.4 Å². The summed E-state index contributed by atoms with van der Waals surface area (Å²) in [6.07, 6.45) is 3.69. The molecule has 88 valence electrons. The van der Waals surface area contributed by atoms with Crippen LogP contribution in [0.4, 0.5) is 0 Å². The van der Waals surface area contributed by atoms with Crippen LogP contribution in [0.2, 0.25) is 0 Å². The maximum Gasteiger partial charge on any atom is 0.191 e. The van der Waals surface area contributed by atoms with Crippen LogP contribution in [0, 0.1) is 13.8 Å². The fourth-order valence-electron chi connectivity index (χ4n) is 1.47. The van der Waals surface area contributed by atoms with Gasteiger partial charge in [-0.3, -0.25) is 4.68 Å². The molecule has 2 aromatic heterocycles. The van der Waals surface area contributed by atoms with Gasteiger partial charge < -0.3 is 10.2 Å². The number of halogens is 1. The molecule has 0 radical (unpaired) electrons. The van der Waals surface area contributed by atoms with E-state index in [-0.39, 0.29) is 12.4 Å². The maximum atomic E-state index is 5.50. The predicted octanol–water partition coefficient (Wildman–Crippen LogP) is 1.42. The van der Waals surface area contributed by atoms with Crippen LogP contribution in [0.25, 0.3) is 0 Å². The first-order chi connectivity index (χ1) is 7.19. The summed E-state index contributed by atoms with van der Waals surface area (Å²) in [6, 6.07) is 0. The lowest BCUT2D eigenvalue weighted by Crippen LogP contribution is -2.02. The molecule has 0 bridgehead atoms. The van der Waals surface area contributed by atoms with Gasteiger partial charge in [-0.1, -0.05) is 0 Å². The second-order valence-corrected chi connectivity index (χ2v) is 3.49. The molecule has 0 atom stereocenters. The number of aryl methyl sites for hydroxylation is 2. The highest BCUT2D eigenvalue weighted by Crippen LogP contribution is 2.10. The SMILES string of the molecule is Cc1nc(Cn2cc(CN)cn2)c(C)o1.Cl. The molecular weight excluding hydrogens is 228 g/mol. The molecule has 0 unspecified atom stereocenters. The summed E-state index contributed by atoms with van der Waals surface area (Å²) in [6.45, 7) is 4.88. The summed E-state index contributed by atoms with van der Waals surface area (Å²) >= 11 is 0. The van der Waals surface area contributed by atoms with E-state index in [1.165, 1.54) is 0 Å². The van der Waals surface area contributed by atoms with Crippen molar-refractivity contribution >= 4 is 12.4 Å². The van der Waals surface area contributed by atoms with Crippen molar-refractivity contribution in [2.24, 2.45) is 5.73 Å². The molecule has 2 rings (SSSR count). The van der Waals surface area contributed by atoms with E-state index < -0.39 is 0 Å². The number of hydrogen-bond acceptors (Lipinski definition) is 4. The van der Waals surface area contributed by atoms with Gasteiger partial charge in [0, 0.05) is 25.2 Å². The molecule has 2 heterocycles. The minimum absolute atomic E-state index is 0. The van der Waals surface area contributed by atoms with Crippen molar-refractivity contribution in [2.45, 2.75) is 26.9 Å². The van der Waals surface area contributed by atoms with E-state index in [1.807, 2.05) is 24.7 Å². The lowest BCUT2D eigenvalue weighted by molar-refractivity contribution is 0.491. The Hall–Kier alpha value is -1.33. The molecule has 0 fully saturated rings. The van der Waals surface area contributed by atoms with E-state index in [1.54, 1.807) is 6.20 Å². The maximum absolute atomic E-state index is 5.50. The Morgan fingerprint density at radius 3 is 2.69 bits per heavy atom. The van der Waals surface area contributed by atoms with Crippen molar-refractivity contribution in [3.63, 3.8) is 0 Å². The summed E-state index contributed by atoms with van der Waals surface area (Å²) in [5.74, 6) is 1.53. The molecule has 0 aliphatic carbocycles. The Morgan fingerprint density at radius 1 is 1.44 bits per heavy atom. The van der Waals surface area contributed by atoms with Gasteiger partial charge in [-0.25, -0.2) is 4.98 Å². The fraction of sp³-hybridized carbons (Fsp3) is 0.400. The molecule has 5 nitrogen and oxygen atoms in total. The third kappa shape index (κ3) is 2.62. The number of nitrogens with zero attached hydrogens (tertiary/aromatic N) is 3. The van der Waals surface area contributed by atoms with Crippen LogP contribution in [0.5, 0.6) is 0 Å². The molecule has 0 amide bonds. The van der Waals surface area contributed by atoms with E-state index in [0.717, 1.165) is 17.0 Å². The Balaban J connectivity index is 0.00000128. The highest BCUT2D eigenvalue weighted by Gasteiger charge is 2.07. The second-order valence-electron chi connectivity index (χ2n) is 3.49. The quantitative estimate of drug-likeness (QED) is 0.884. The fourth-order valence-corrected chi connectivity index (χ4v) is 1.47. The first kappa shape index (κ1) is 12.7. The Kier molecular flexibility index (Phi) is 4.09. The molecule has 0 saturated heterocycles. The molecule has 16 heavy (non-hydrogen) atoms. The standard InChI is InChI=1S/C10H14N4O.ClH/c1-7-10(13-8(2)15-7)6-14-5-9(3-11)4-12-14;/h4-5H,3,6,11H2,1-2H3;1H. The van der Waals surface area contributed by atoms with Gasteiger partial charge >= 0.3 is 0 Å². The molecule has 0 spiro atoms. The highest BCUT2D eigenvalue weighted by atomic mass is 35.5. The van der Waals surface area contributed by atoms with Crippen molar-refractivity contribution in [2.75, 3.05) is 0 Å². The van der Waals surface area contributed by atoms with Gasteiger partial charge in [-0.2, -0.15) is 5.10 Å². The van der Waals surface area contributed by atoms with Gasteiger partial charge in [0.15, 0.2) is 5.89 Å². The summed E-state index contributed by atoms with van der Waals surface area (Å²) in [7, 11) is 0. The van der Waals surface area contributed by atoms with Crippen molar-refractivity contribution in [3.8, 4) is 0 Å². The molecule has 0 aromatic carbocycles. The number of nitrogens with two attached hydrogens (primary N) is 1. The number of rotatable bonds is 3. The topological polar surface area (TPSA) is 69.9 Å². The van der Waals surface area contributed by atoms with Gasteiger partial charge in [0.05, 0.1) is 12.7 Å². The second kappa shape index (κ2) is 5.14. The van der Waals surface area contributed by atoms with Gasteiger partial charge in [-0.15, -0.1) is 12.4 Å². The highest BCUT2D eigenvalue weighted by molar-refractivity contribution is 5.85. The minimum atomic E-state index is 0. The molecule has 0 saturated carbocycles. The average Bonchev–Trinajstić information content (AvgIpc) is 2.75. The summed E-state index contributed by atoms with van der Waals surface area (Å²) in [5.41, 5.74) is 7.44. The van der Waals surface area contributed by atoms with Crippen molar-refractivity contribution in [1.82, 2.24) is 14.8 Å². The first-order valence-electron chi connectivity index (χ1n) is 4.83.